The Morgan fingerprint density at radius 2 is 1.90 bits per heavy atom. The van der Waals surface area contributed by atoms with Crippen molar-refractivity contribution in [2.24, 2.45) is 5.92 Å². The standard InChI is InChI=1S/C25H43NO4Si/c1-8-29-24(28)17-22-18(2)23(30-31(6,7)25(3,4)5)16-20(26-22)15-21(27)14-19-12-10-9-11-13-19/h9-13,18,20-23,26-27H,8,14-17H2,1-7H3/t18-,20+,21+,22-,23+/m1/s1. The highest BCUT2D eigenvalue weighted by molar-refractivity contribution is 6.74. The van der Waals surface area contributed by atoms with Crippen LogP contribution in [0.15, 0.2) is 30.3 Å². The first-order valence-electron chi connectivity index (χ1n) is 11.7. The molecule has 1 aromatic rings. The molecule has 1 saturated heterocycles. The van der Waals surface area contributed by atoms with E-state index >= 15 is 0 Å². The molecule has 0 spiro atoms. The van der Waals surface area contributed by atoms with Crippen molar-refractivity contribution in [2.45, 2.75) is 103 Å². The molecule has 6 heteroatoms. The van der Waals surface area contributed by atoms with Crippen LogP contribution in [0.25, 0.3) is 0 Å². The van der Waals surface area contributed by atoms with Crippen LogP contribution < -0.4 is 5.32 Å². The summed E-state index contributed by atoms with van der Waals surface area (Å²) in [4.78, 5) is 12.2. The highest BCUT2D eigenvalue weighted by Gasteiger charge is 2.44. The zero-order valence-corrected chi connectivity index (χ0v) is 21.5. The van der Waals surface area contributed by atoms with Gasteiger partial charge in [0.15, 0.2) is 8.32 Å². The molecule has 0 amide bonds. The maximum absolute atomic E-state index is 12.2. The van der Waals surface area contributed by atoms with Gasteiger partial charge in [-0.15, -0.1) is 0 Å². The molecule has 176 valence electrons. The van der Waals surface area contributed by atoms with Crippen molar-refractivity contribution in [1.29, 1.82) is 0 Å². The first kappa shape index (κ1) is 26.0. The molecule has 1 aliphatic rings. The second kappa shape index (κ2) is 11.1. The summed E-state index contributed by atoms with van der Waals surface area (Å²) in [5, 5.41) is 14.5. The quantitative estimate of drug-likeness (QED) is 0.423. The van der Waals surface area contributed by atoms with Crippen molar-refractivity contribution in [3.63, 3.8) is 0 Å². The van der Waals surface area contributed by atoms with Gasteiger partial charge < -0.3 is 19.6 Å². The van der Waals surface area contributed by atoms with E-state index < -0.39 is 14.4 Å². The largest absolute Gasteiger partial charge is 0.466 e. The van der Waals surface area contributed by atoms with Crippen LogP contribution in [0.1, 0.15) is 59.4 Å². The average molecular weight is 450 g/mol. The number of carbonyl (C=O) groups excluding carboxylic acids is 1. The summed E-state index contributed by atoms with van der Waals surface area (Å²) in [5.74, 6) is 0.0180. The molecule has 0 aliphatic carbocycles. The SMILES string of the molecule is CCOC(=O)C[C@H]1N[C@@H](C[C@@H](O)Cc2ccccc2)C[C@H](O[Si](C)(C)C(C)(C)C)[C@@H]1C. The number of ether oxygens (including phenoxy) is 1. The predicted molar refractivity (Wildman–Crippen MR) is 129 cm³/mol. The number of hydrogen-bond acceptors (Lipinski definition) is 5. The fourth-order valence-corrected chi connectivity index (χ4v) is 5.52. The lowest BCUT2D eigenvalue weighted by Crippen LogP contribution is -2.58. The molecular weight excluding hydrogens is 406 g/mol. The molecule has 1 fully saturated rings. The highest BCUT2D eigenvalue weighted by atomic mass is 28.4. The van der Waals surface area contributed by atoms with Crippen LogP contribution in [0.2, 0.25) is 18.1 Å². The fourth-order valence-electron chi connectivity index (χ4n) is 4.09. The summed E-state index contributed by atoms with van der Waals surface area (Å²) in [6.45, 7) is 15.7. The minimum absolute atomic E-state index is 0.0171. The number of rotatable bonds is 9. The third-order valence-corrected chi connectivity index (χ3v) is 11.5. The van der Waals surface area contributed by atoms with E-state index in [4.69, 9.17) is 9.16 Å². The number of benzene rings is 1. The second-order valence-electron chi connectivity index (χ2n) is 10.6. The number of carbonyl (C=O) groups is 1. The van der Waals surface area contributed by atoms with Gasteiger partial charge in [-0.25, -0.2) is 0 Å². The van der Waals surface area contributed by atoms with E-state index in [1.54, 1.807) is 0 Å². The minimum atomic E-state index is -1.96. The molecule has 2 N–H and O–H groups in total. The van der Waals surface area contributed by atoms with E-state index in [-0.39, 0.29) is 35.1 Å². The first-order valence-corrected chi connectivity index (χ1v) is 14.6. The van der Waals surface area contributed by atoms with Crippen LogP contribution in [-0.4, -0.2) is 50.3 Å². The second-order valence-corrected chi connectivity index (χ2v) is 15.3. The van der Waals surface area contributed by atoms with Gasteiger partial charge in [0, 0.05) is 12.1 Å². The minimum Gasteiger partial charge on any atom is -0.466 e. The molecule has 0 radical (unpaired) electrons. The van der Waals surface area contributed by atoms with Gasteiger partial charge in [0.25, 0.3) is 0 Å². The van der Waals surface area contributed by atoms with Crippen LogP contribution in [0.3, 0.4) is 0 Å². The van der Waals surface area contributed by atoms with Gasteiger partial charge in [0.05, 0.1) is 25.2 Å². The summed E-state index contributed by atoms with van der Waals surface area (Å²) < 4.78 is 12.0. The number of hydrogen-bond donors (Lipinski definition) is 2. The van der Waals surface area contributed by atoms with Crippen molar-refractivity contribution < 1.29 is 19.1 Å². The lowest BCUT2D eigenvalue weighted by molar-refractivity contribution is -0.144. The van der Waals surface area contributed by atoms with Crippen LogP contribution in [0.5, 0.6) is 0 Å². The normalized spacial score (nSPS) is 25.8. The van der Waals surface area contributed by atoms with Crippen molar-refractivity contribution in [2.75, 3.05) is 6.61 Å². The zero-order valence-electron chi connectivity index (χ0n) is 20.5. The molecule has 5 nitrogen and oxygen atoms in total. The maximum Gasteiger partial charge on any atom is 0.307 e. The Bertz CT molecular complexity index is 689. The Morgan fingerprint density at radius 1 is 1.26 bits per heavy atom. The lowest BCUT2D eigenvalue weighted by atomic mass is 9.82. The molecule has 0 saturated carbocycles. The van der Waals surface area contributed by atoms with E-state index in [9.17, 15) is 9.90 Å². The van der Waals surface area contributed by atoms with Gasteiger partial charge in [-0.1, -0.05) is 58.0 Å². The van der Waals surface area contributed by atoms with Crippen LogP contribution in [0, 0.1) is 5.92 Å². The summed E-state index contributed by atoms with van der Waals surface area (Å²) in [5.41, 5.74) is 1.14. The van der Waals surface area contributed by atoms with Crippen LogP contribution in [0.4, 0.5) is 0 Å². The maximum atomic E-state index is 12.2. The molecule has 2 rings (SSSR count). The van der Waals surface area contributed by atoms with Gasteiger partial charge in [0.1, 0.15) is 0 Å². The Balaban J connectivity index is 2.12. The monoisotopic (exact) mass is 449 g/mol. The van der Waals surface area contributed by atoms with E-state index in [0.717, 1.165) is 12.0 Å². The number of nitrogens with one attached hydrogen (secondary N) is 1. The molecule has 1 aromatic carbocycles. The Morgan fingerprint density at radius 3 is 2.48 bits per heavy atom. The molecule has 1 aliphatic heterocycles. The first-order chi connectivity index (χ1) is 14.4. The van der Waals surface area contributed by atoms with Crippen molar-refractivity contribution in [1.82, 2.24) is 5.32 Å². The average Bonchev–Trinajstić information content (AvgIpc) is 2.65. The summed E-state index contributed by atoms with van der Waals surface area (Å²) >= 11 is 0. The van der Waals surface area contributed by atoms with E-state index in [2.05, 4.69) is 46.1 Å². The van der Waals surface area contributed by atoms with E-state index in [0.29, 0.717) is 25.9 Å². The van der Waals surface area contributed by atoms with Gasteiger partial charge in [-0.05, 0) is 55.8 Å². The third-order valence-electron chi connectivity index (χ3n) is 7.00. The number of esters is 1. The number of aliphatic hydroxyl groups excluding tert-OH is 1. The number of piperidine rings is 1. The lowest BCUT2D eigenvalue weighted by Gasteiger charge is -2.47. The summed E-state index contributed by atoms with van der Waals surface area (Å²) in [6.07, 6.45) is 2.07. The molecule has 0 aromatic heterocycles. The van der Waals surface area contributed by atoms with E-state index in [1.165, 1.54) is 0 Å². The van der Waals surface area contributed by atoms with Gasteiger partial charge in [0.2, 0.25) is 0 Å². The van der Waals surface area contributed by atoms with Crippen molar-refractivity contribution in [3.05, 3.63) is 35.9 Å². The molecule has 31 heavy (non-hydrogen) atoms. The van der Waals surface area contributed by atoms with Crippen molar-refractivity contribution in [3.8, 4) is 0 Å². The van der Waals surface area contributed by atoms with Crippen molar-refractivity contribution >= 4 is 14.3 Å². The third kappa shape index (κ3) is 7.70. The van der Waals surface area contributed by atoms with Gasteiger partial charge >= 0.3 is 5.97 Å². The number of aliphatic hydroxyl groups is 1. The Hall–Kier alpha value is -1.21. The highest BCUT2D eigenvalue weighted by Crippen LogP contribution is 2.40. The molecule has 5 atom stereocenters. The predicted octanol–water partition coefficient (Wildman–Crippen LogP) is 4.69. The molecule has 0 bridgehead atoms. The zero-order chi connectivity index (χ0) is 23.2. The van der Waals surface area contributed by atoms with Crippen LogP contribution >= 0.6 is 0 Å². The molecule has 1 heterocycles. The smallest absolute Gasteiger partial charge is 0.307 e. The topological polar surface area (TPSA) is 67.8 Å². The summed E-state index contributed by atoms with van der Waals surface area (Å²) in [6, 6.07) is 10.2. The van der Waals surface area contributed by atoms with E-state index in [1.807, 2.05) is 37.3 Å². The van der Waals surface area contributed by atoms with Gasteiger partial charge in [-0.3, -0.25) is 4.79 Å². The fraction of sp³-hybridized carbons (Fsp3) is 0.720. The summed E-state index contributed by atoms with van der Waals surface area (Å²) in [7, 11) is -1.96. The Labute approximate surface area is 190 Å². The van der Waals surface area contributed by atoms with Gasteiger partial charge in [-0.2, -0.15) is 0 Å². The Kier molecular flexibility index (Phi) is 9.31. The van der Waals surface area contributed by atoms with Crippen LogP contribution in [-0.2, 0) is 20.4 Å². The molecule has 0 unspecified atom stereocenters. The molecular formula is C25H43NO4Si.